The molecular weight excluding hydrogens is 336 g/mol. The van der Waals surface area contributed by atoms with Crippen LogP contribution in [0, 0.1) is 0 Å². The summed E-state index contributed by atoms with van der Waals surface area (Å²) < 4.78 is 6.80. The van der Waals surface area contributed by atoms with E-state index in [4.69, 9.17) is 4.74 Å². The number of carbonyl (C=O) groups is 2. The highest BCUT2D eigenvalue weighted by Gasteiger charge is 2.27. The monoisotopic (exact) mass is 360 g/mol. The van der Waals surface area contributed by atoms with Crippen LogP contribution in [0.3, 0.4) is 0 Å². The van der Waals surface area contributed by atoms with Crippen molar-refractivity contribution < 1.29 is 19.4 Å². The second-order valence-electron chi connectivity index (χ2n) is 6.82. The highest BCUT2D eigenvalue weighted by atomic mass is 16.5. The van der Waals surface area contributed by atoms with Crippen LogP contribution in [0.4, 0.5) is 5.69 Å². The van der Waals surface area contributed by atoms with Gasteiger partial charge in [-0.3, -0.25) is 9.59 Å². The fourth-order valence-corrected chi connectivity index (χ4v) is 2.84. The number of hydrogen-bond acceptors (Lipinski definition) is 5. The standard InChI is InChI=1S/C18H24N4O4/c1-20(2)17(25)9-22(11-23)15-6-13(12-4-5-12)7-21-8-14(19-18(15)21)16(24)10-26-3/h6-8,11-12,16,24H,4-5,9-10H2,1-3H3. The summed E-state index contributed by atoms with van der Waals surface area (Å²) in [7, 11) is 4.81. The van der Waals surface area contributed by atoms with Gasteiger partial charge in [0.15, 0.2) is 5.65 Å². The molecule has 0 bridgehead atoms. The molecule has 1 aliphatic carbocycles. The average molecular weight is 360 g/mol. The number of amides is 2. The summed E-state index contributed by atoms with van der Waals surface area (Å²) in [5.74, 6) is 0.282. The number of ether oxygens (including phenoxy) is 1. The van der Waals surface area contributed by atoms with Crippen molar-refractivity contribution in [3.8, 4) is 0 Å². The molecule has 1 unspecified atom stereocenters. The first-order valence-corrected chi connectivity index (χ1v) is 8.56. The third-order valence-electron chi connectivity index (χ3n) is 4.53. The highest BCUT2D eigenvalue weighted by molar-refractivity contribution is 5.92. The first-order valence-electron chi connectivity index (χ1n) is 8.56. The zero-order chi connectivity index (χ0) is 18.8. The molecule has 26 heavy (non-hydrogen) atoms. The molecule has 2 amide bonds. The lowest BCUT2D eigenvalue weighted by Gasteiger charge is -2.20. The molecule has 2 heterocycles. The zero-order valence-corrected chi connectivity index (χ0v) is 15.3. The van der Waals surface area contributed by atoms with E-state index >= 15 is 0 Å². The summed E-state index contributed by atoms with van der Waals surface area (Å²) >= 11 is 0. The van der Waals surface area contributed by atoms with Crippen molar-refractivity contribution >= 4 is 23.7 Å². The molecular formula is C18H24N4O4. The van der Waals surface area contributed by atoms with Gasteiger partial charge in [0.2, 0.25) is 12.3 Å². The Morgan fingerprint density at radius 3 is 2.77 bits per heavy atom. The molecule has 0 spiro atoms. The summed E-state index contributed by atoms with van der Waals surface area (Å²) in [6, 6.07) is 1.92. The molecule has 1 aliphatic rings. The second-order valence-corrected chi connectivity index (χ2v) is 6.82. The third-order valence-corrected chi connectivity index (χ3v) is 4.53. The van der Waals surface area contributed by atoms with Gasteiger partial charge in [-0.2, -0.15) is 0 Å². The van der Waals surface area contributed by atoms with Crippen LogP contribution in [0.2, 0.25) is 0 Å². The number of aromatic nitrogens is 2. The van der Waals surface area contributed by atoms with Gasteiger partial charge in [-0.05, 0) is 30.4 Å². The Balaban J connectivity index is 2.05. The van der Waals surface area contributed by atoms with Crippen LogP contribution in [0.1, 0.15) is 36.1 Å². The summed E-state index contributed by atoms with van der Waals surface area (Å²) in [4.78, 5) is 31.1. The van der Waals surface area contributed by atoms with E-state index in [2.05, 4.69) is 4.98 Å². The Morgan fingerprint density at radius 1 is 1.46 bits per heavy atom. The summed E-state index contributed by atoms with van der Waals surface area (Å²) in [5, 5.41) is 10.2. The van der Waals surface area contributed by atoms with E-state index in [1.807, 2.05) is 16.7 Å². The maximum Gasteiger partial charge on any atom is 0.242 e. The maximum absolute atomic E-state index is 12.1. The normalized spacial score (nSPS) is 15.1. The van der Waals surface area contributed by atoms with Crippen molar-refractivity contribution in [1.29, 1.82) is 0 Å². The molecule has 2 aromatic heterocycles. The lowest BCUT2D eigenvalue weighted by molar-refractivity contribution is -0.128. The van der Waals surface area contributed by atoms with Gasteiger partial charge in [0.05, 0.1) is 18.0 Å². The van der Waals surface area contributed by atoms with Crippen LogP contribution in [0.15, 0.2) is 18.5 Å². The predicted octanol–water partition coefficient (Wildman–Crippen LogP) is 0.942. The summed E-state index contributed by atoms with van der Waals surface area (Å²) in [5.41, 5.74) is 2.65. The highest BCUT2D eigenvalue weighted by Crippen LogP contribution is 2.41. The number of pyridine rings is 1. The van der Waals surface area contributed by atoms with E-state index in [1.54, 1.807) is 20.3 Å². The third kappa shape index (κ3) is 3.71. The van der Waals surface area contributed by atoms with Crippen molar-refractivity contribution in [1.82, 2.24) is 14.3 Å². The molecule has 3 rings (SSSR count). The molecule has 0 radical (unpaired) electrons. The van der Waals surface area contributed by atoms with Gasteiger partial charge in [-0.1, -0.05) is 0 Å². The Morgan fingerprint density at radius 2 is 2.19 bits per heavy atom. The molecule has 1 atom stereocenters. The Kier molecular flexibility index (Phi) is 5.24. The van der Waals surface area contributed by atoms with E-state index in [0.29, 0.717) is 29.4 Å². The maximum atomic E-state index is 12.1. The van der Waals surface area contributed by atoms with Crippen LogP contribution < -0.4 is 4.90 Å². The van der Waals surface area contributed by atoms with Gasteiger partial charge in [0, 0.05) is 33.6 Å². The fraction of sp³-hybridized carbons (Fsp3) is 0.500. The molecule has 140 valence electrons. The van der Waals surface area contributed by atoms with E-state index in [9.17, 15) is 14.7 Å². The van der Waals surface area contributed by atoms with Crippen molar-refractivity contribution in [2.24, 2.45) is 0 Å². The number of hydrogen-bond donors (Lipinski definition) is 1. The topological polar surface area (TPSA) is 87.4 Å². The average Bonchev–Trinajstić information content (AvgIpc) is 3.37. The van der Waals surface area contributed by atoms with E-state index in [-0.39, 0.29) is 19.1 Å². The smallest absolute Gasteiger partial charge is 0.242 e. The Hall–Kier alpha value is -2.45. The zero-order valence-electron chi connectivity index (χ0n) is 15.3. The van der Waals surface area contributed by atoms with Crippen LogP contribution in [0.5, 0.6) is 0 Å². The quantitative estimate of drug-likeness (QED) is 0.708. The van der Waals surface area contributed by atoms with Gasteiger partial charge in [0.1, 0.15) is 12.6 Å². The lowest BCUT2D eigenvalue weighted by atomic mass is 10.1. The predicted molar refractivity (Wildman–Crippen MR) is 96.1 cm³/mol. The second kappa shape index (κ2) is 7.43. The molecule has 0 saturated heterocycles. The van der Waals surface area contributed by atoms with Gasteiger partial charge in [0.25, 0.3) is 0 Å². The lowest BCUT2D eigenvalue weighted by Crippen LogP contribution is -2.36. The van der Waals surface area contributed by atoms with Crippen LogP contribution in [-0.2, 0) is 14.3 Å². The number of aliphatic hydroxyl groups is 1. The molecule has 8 heteroatoms. The molecule has 8 nitrogen and oxygen atoms in total. The molecule has 1 fully saturated rings. The van der Waals surface area contributed by atoms with E-state index in [1.165, 1.54) is 16.9 Å². The van der Waals surface area contributed by atoms with E-state index < -0.39 is 6.10 Å². The van der Waals surface area contributed by atoms with Crippen LogP contribution in [0.25, 0.3) is 5.65 Å². The minimum atomic E-state index is -0.856. The van der Waals surface area contributed by atoms with Crippen molar-refractivity contribution in [3.05, 3.63) is 29.7 Å². The largest absolute Gasteiger partial charge is 0.384 e. The molecule has 1 N–H and O–H groups in total. The number of methoxy groups -OCH3 is 1. The number of anilines is 1. The number of imidazole rings is 1. The number of fused-ring (bicyclic) bond motifs is 1. The van der Waals surface area contributed by atoms with Crippen molar-refractivity contribution in [3.63, 3.8) is 0 Å². The Bertz CT molecular complexity index is 813. The number of rotatable bonds is 8. The fourth-order valence-electron chi connectivity index (χ4n) is 2.84. The minimum Gasteiger partial charge on any atom is -0.384 e. The van der Waals surface area contributed by atoms with Gasteiger partial charge in [-0.15, -0.1) is 0 Å². The Labute approximate surface area is 152 Å². The van der Waals surface area contributed by atoms with E-state index in [0.717, 1.165) is 18.4 Å². The number of nitrogens with zero attached hydrogens (tertiary/aromatic N) is 4. The first kappa shape index (κ1) is 18.3. The molecule has 0 aromatic carbocycles. The minimum absolute atomic E-state index is 0.0664. The summed E-state index contributed by atoms with van der Waals surface area (Å²) in [6.45, 7) is 0.0638. The van der Waals surface area contributed by atoms with Crippen LogP contribution >= 0.6 is 0 Å². The van der Waals surface area contributed by atoms with Gasteiger partial charge in [-0.25, -0.2) is 4.98 Å². The van der Waals surface area contributed by atoms with Gasteiger partial charge >= 0.3 is 0 Å². The molecule has 1 saturated carbocycles. The SMILES string of the molecule is COCC(O)c1cn2cc(C3CC3)cc(N(C=O)CC(=O)N(C)C)c2n1. The number of likely N-dealkylation sites (N-methyl/N-ethyl adjacent to an activating group) is 1. The summed E-state index contributed by atoms with van der Waals surface area (Å²) in [6.07, 6.45) is 5.72. The van der Waals surface area contributed by atoms with Crippen molar-refractivity contribution in [2.45, 2.75) is 24.9 Å². The number of aliphatic hydroxyl groups excluding tert-OH is 1. The first-order chi connectivity index (χ1) is 12.4. The van der Waals surface area contributed by atoms with Crippen LogP contribution in [-0.4, -0.2) is 66.1 Å². The molecule has 2 aromatic rings. The molecule has 0 aliphatic heterocycles. The van der Waals surface area contributed by atoms with Gasteiger partial charge < -0.3 is 24.0 Å². The number of carbonyl (C=O) groups excluding carboxylic acids is 2. The van der Waals surface area contributed by atoms with Crippen molar-refractivity contribution in [2.75, 3.05) is 39.3 Å².